The number of benzene rings is 1. The van der Waals surface area contributed by atoms with Crippen molar-refractivity contribution in [3.63, 3.8) is 0 Å². The van der Waals surface area contributed by atoms with Crippen LogP contribution in [0.2, 0.25) is 0 Å². The molecule has 0 aliphatic carbocycles. The molecule has 1 N–H and O–H groups in total. The Morgan fingerprint density at radius 2 is 2.04 bits per heavy atom. The highest BCUT2D eigenvalue weighted by molar-refractivity contribution is 5.84. The molecule has 0 atom stereocenters. The molecular weight excluding hydrogens is 307 g/mol. The quantitative estimate of drug-likeness (QED) is 0.804. The highest BCUT2D eigenvalue weighted by atomic mass is 19.1. The van der Waals surface area contributed by atoms with Crippen LogP contribution in [0.4, 0.5) is 20.6 Å². The van der Waals surface area contributed by atoms with E-state index in [9.17, 15) is 9.18 Å². The zero-order chi connectivity index (χ0) is 16.7. The maximum Gasteiger partial charge on any atom is 0.411 e. The number of carbonyl (C=O) groups excluding carboxylic acids is 1. The zero-order valence-corrected chi connectivity index (χ0v) is 13.2. The van der Waals surface area contributed by atoms with Gasteiger partial charge < -0.3 is 23.8 Å². The summed E-state index contributed by atoms with van der Waals surface area (Å²) in [6, 6.07) is 4.51. The molecule has 0 bridgehead atoms. The van der Waals surface area contributed by atoms with Crippen molar-refractivity contribution in [2.45, 2.75) is 6.29 Å². The molecule has 23 heavy (non-hydrogen) atoms. The van der Waals surface area contributed by atoms with E-state index in [1.165, 1.54) is 20.3 Å². The molecule has 0 radical (unpaired) electrons. The average molecular weight is 328 g/mol. The van der Waals surface area contributed by atoms with Crippen LogP contribution in [-0.4, -0.2) is 59.5 Å². The molecule has 1 aliphatic heterocycles. The van der Waals surface area contributed by atoms with E-state index in [2.05, 4.69) is 5.32 Å². The number of amides is 1. The van der Waals surface area contributed by atoms with E-state index in [1.54, 1.807) is 12.1 Å². The number of carbonyl (C=O) groups is 1. The molecule has 8 heteroatoms. The Balaban J connectivity index is 1.90. The Kier molecular flexibility index (Phi) is 6.57. The summed E-state index contributed by atoms with van der Waals surface area (Å²) in [5.74, 6) is -0.406. The summed E-state index contributed by atoms with van der Waals surface area (Å²) in [6.07, 6.45) is -1.34. The van der Waals surface area contributed by atoms with Gasteiger partial charge in [-0.1, -0.05) is 0 Å². The van der Waals surface area contributed by atoms with Gasteiger partial charge in [0.15, 0.2) is 6.29 Å². The number of morpholine rings is 1. The first kappa shape index (κ1) is 17.5. The summed E-state index contributed by atoms with van der Waals surface area (Å²) in [6.45, 7) is 2.37. The van der Waals surface area contributed by atoms with Crippen LogP contribution in [0, 0.1) is 5.82 Å². The number of rotatable bonds is 6. The van der Waals surface area contributed by atoms with E-state index in [0.717, 1.165) is 0 Å². The van der Waals surface area contributed by atoms with Crippen molar-refractivity contribution in [2.75, 3.05) is 57.3 Å². The molecular formula is C15H21FN2O5. The number of nitrogens with zero attached hydrogens (tertiary/aromatic N) is 1. The Morgan fingerprint density at radius 1 is 1.35 bits per heavy atom. The zero-order valence-electron chi connectivity index (χ0n) is 13.2. The van der Waals surface area contributed by atoms with E-state index in [1.807, 2.05) is 4.90 Å². The van der Waals surface area contributed by atoms with E-state index in [4.69, 9.17) is 18.9 Å². The lowest BCUT2D eigenvalue weighted by Gasteiger charge is -2.29. The van der Waals surface area contributed by atoms with Crippen LogP contribution in [0.5, 0.6) is 0 Å². The third-order valence-corrected chi connectivity index (χ3v) is 3.42. The Hall–Kier alpha value is -1.90. The highest BCUT2D eigenvalue weighted by Crippen LogP contribution is 2.23. The highest BCUT2D eigenvalue weighted by Gasteiger charge is 2.16. The van der Waals surface area contributed by atoms with Gasteiger partial charge in [0.2, 0.25) is 0 Å². The van der Waals surface area contributed by atoms with Crippen molar-refractivity contribution < 1.29 is 28.1 Å². The standard InChI is InChI=1S/C15H21FN2O5/c1-20-14(21-2)10-23-15(19)17-11-3-4-13(12(16)9-11)18-5-7-22-8-6-18/h3-4,9,14H,5-8,10H2,1-2H3,(H,17,19). The topological polar surface area (TPSA) is 69.3 Å². The molecule has 0 saturated carbocycles. The normalized spacial score (nSPS) is 14.9. The van der Waals surface area contributed by atoms with Gasteiger partial charge in [-0.15, -0.1) is 0 Å². The van der Waals surface area contributed by atoms with E-state index in [0.29, 0.717) is 37.7 Å². The lowest BCUT2D eigenvalue weighted by molar-refractivity contribution is -0.127. The van der Waals surface area contributed by atoms with E-state index >= 15 is 0 Å². The second-order valence-electron chi connectivity index (χ2n) is 4.89. The van der Waals surface area contributed by atoms with Gasteiger partial charge in [-0.25, -0.2) is 9.18 Å². The number of hydrogen-bond donors (Lipinski definition) is 1. The molecule has 1 aromatic rings. The fourth-order valence-corrected chi connectivity index (χ4v) is 2.18. The molecule has 0 unspecified atom stereocenters. The SMILES string of the molecule is COC(COC(=O)Nc1ccc(N2CCOCC2)c(F)c1)OC. The monoisotopic (exact) mass is 328 g/mol. The summed E-state index contributed by atoms with van der Waals surface area (Å²) in [4.78, 5) is 13.6. The van der Waals surface area contributed by atoms with Crippen molar-refractivity contribution in [3.05, 3.63) is 24.0 Å². The van der Waals surface area contributed by atoms with Gasteiger partial charge in [-0.3, -0.25) is 5.32 Å². The predicted molar refractivity (Wildman–Crippen MR) is 82.2 cm³/mol. The number of hydrogen-bond acceptors (Lipinski definition) is 6. The maximum atomic E-state index is 14.2. The van der Waals surface area contributed by atoms with Crippen molar-refractivity contribution >= 4 is 17.5 Å². The first-order valence-corrected chi connectivity index (χ1v) is 7.25. The second kappa shape index (κ2) is 8.66. The van der Waals surface area contributed by atoms with Gasteiger partial charge >= 0.3 is 6.09 Å². The average Bonchev–Trinajstić information content (AvgIpc) is 2.56. The smallest absolute Gasteiger partial charge is 0.411 e. The molecule has 0 aromatic heterocycles. The summed E-state index contributed by atoms with van der Waals surface area (Å²) in [5, 5.41) is 2.46. The lowest BCUT2D eigenvalue weighted by Crippen LogP contribution is -2.36. The number of ether oxygens (including phenoxy) is 4. The maximum absolute atomic E-state index is 14.2. The summed E-state index contributed by atoms with van der Waals surface area (Å²) in [7, 11) is 2.88. The Morgan fingerprint density at radius 3 is 2.65 bits per heavy atom. The molecule has 7 nitrogen and oxygen atoms in total. The van der Waals surface area contributed by atoms with Gasteiger partial charge in [0.25, 0.3) is 0 Å². The van der Waals surface area contributed by atoms with Crippen LogP contribution in [-0.2, 0) is 18.9 Å². The predicted octanol–water partition coefficient (Wildman–Crippen LogP) is 1.83. The van der Waals surface area contributed by atoms with Crippen molar-refractivity contribution in [3.8, 4) is 0 Å². The van der Waals surface area contributed by atoms with Crippen LogP contribution in [0.25, 0.3) is 0 Å². The molecule has 0 spiro atoms. The third-order valence-electron chi connectivity index (χ3n) is 3.42. The molecule has 1 fully saturated rings. The fraction of sp³-hybridized carbons (Fsp3) is 0.533. The fourth-order valence-electron chi connectivity index (χ4n) is 2.18. The number of anilines is 2. The minimum absolute atomic E-state index is 0.0623. The lowest BCUT2D eigenvalue weighted by atomic mass is 10.2. The van der Waals surface area contributed by atoms with Gasteiger partial charge in [0.1, 0.15) is 12.4 Å². The molecule has 1 heterocycles. The van der Waals surface area contributed by atoms with Gasteiger partial charge in [-0.2, -0.15) is 0 Å². The first-order valence-electron chi connectivity index (χ1n) is 7.25. The van der Waals surface area contributed by atoms with Gasteiger partial charge in [0, 0.05) is 33.0 Å². The van der Waals surface area contributed by atoms with Crippen molar-refractivity contribution in [2.24, 2.45) is 0 Å². The Bertz CT molecular complexity index is 519. The Labute approximate surface area is 134 Å². The number of nitrogens with one attached hydrogen (secondary N) is 1. The minimum atomic E-state index is -0.706. The number of halogens is 1. The number of methoxy groups -OCH3 is 2. The summed E-state index contributed by atoms with van der Waals surface area (Å²) < 4.78 is 34.2. The molecule has 128 valence electrons. The van der Waals surface area contributed by atoms with E-state index < -0.39 is 18.2 Å². The van der Waals surface area contributed by atoms with Gasteiger partial charge in [0.05, 0.1) is 18.9 Å². The molecule has 2 rings (SSSR count). The van der Waals surface area contributed by atoms with Crippen molar-refractivity contribution in [1.29, 1.82) is 0 Å². The van der Waals surface area contributed by atoms with Crippen LogP contribution in [0.1, 0.15) is 0 Å². The third kappa shape index (κ3) is 5.05. The second-order valence-corrected chi connectivity index (χ2v) is 4.89. The first-order chi connectivity index (χ1) is 11.1. The van der Waals surface area contributed by atoms with Gasteiger partial charge in [-0.05, 0) is 18.2 Å². The minimum Gasteiger partial charge on any atom is -0.444 e. The molecule has 1 aromatic carbocycles. The van der Waals surface area contributed by atoms with Crippen LogP contribution < -0.4 is 10.2 Å². The van der Waals surface area contributed by atoms with Crippen LogP contribution in [0.15, 0.2) is 18.2 Å². The largest absolute Gasteiger partial charge is 0.444 e. The van der Waals surface area contributed by atoms with E-state index in [-0.39, 0.29) is 6.61 Å². The molecule has 1 aliphatic rings. The van der Waals surface area contributed by atoms with Crippen molar-refractivity contribution in [1.82, 2.24) is 0 Å². The summed E-state index contributed by atoms with van der Waals surface area (Å²) in [5.41, 5.74) is 0.807. The van der Waals surface area contributed by atoms with Crippen LogP contribution >= 0.6 is 0 Å². The molecule has 1 saturated heterocycles. The van der Waals surface area contributed by atoms with Crippen LogP contribution in [0.3, 0.4) is 0 Å². The summed E-state index contributed by atoms with van der Waals surface area (Å²) >= 11 is 0. The molecule has 1 amide bonds.